The van der Waals surface area contributed by atoms with Crippen molar-refractivity contribution in [2.45, 2.75) is 362 Å². The largest absolute Gasteiger partial charge is 0.394 e. The van der Waals surface area contributed by atoms with Crippen LogP contribution >= 0.6 is 0 Å². The fraction of sp³-hybridized carbons (Fsp3) is 0.897. The molecule has 0 radical (unpaired) electrons. The third kappa shape index (κ3) is 32.9. The van der Waals surface area contributed by atoms with Gasteiger partial charge < -0.3 is 89.9 Å². The van der Waals surface area contributed by atoms with E-state index in [4.69, 9.17) is 28.4 Å². The fourth-order valence-electron chi connectivity index (χ4n) is 11.9. The predicted octanol–water partition coefficient (Wildman–Crippen LogP) is 8.83. The number of hydrogen-bond donors (Lipinski definition) is 12. The molecular formula is C68H125NO18. The molecule has 0 aliphatic carbocycles. The van der Waals surface area contributed by atoms with Crippen LogP contribution in [0.4, 0.5) is 0 Å². The molecular weight excluding hydrogens is 1120 g/mol. The second kappa shape index (κ2) is 50.6. The number of allylic oxidation sites excluding steroid dienone is 5. The molecule has 3 aliphatic rings. The van der Waals surface area contributed by atoms with Gasteiger partial charge in [-0.2, -0.15) is 0 Å². The predicted molar refractivity (Wildman–Crippen MR) is 337 cm³/mol. The van der Waals surface area contributed by atoms with Gasteiger partial charge in [0.1, 0.15) is 73.2 Å². The first-order valence-electron chi connectivity index (χ1n) is 34.7. The van der Waals surface area contributed by atoms with Crippen LogP contribution < -0.4 is 5.32 Å². The zero-order valence-corrected chi connectivity index (χ0v) is 53.8. The summed E-state index contributed by atoms with van der Waals surface area (Å²) < 4.78 is 34.2. The van der Waals surface area contributed by atoms with Crippen molar-refractivity contribution in [2.24, 2.45) is 0 Å². The van der Waals surface area contributed by atoms with Gasteiger partial charge in [0.2, 0.25) is 5.91 Å². The molecule has 0 aromatic carbocycles. The Morgan fingerprint density at radius 2 is 0.759 bits per heavy atom. The molecule has 0 bridgehead atoms. The quantitative estimate of drug-likeness (QED) is 0.0200. The topological polar surface area (TPSA) is 307 Å². The van der Waals surface area contributed by atoms with E-state index in [9.17, 15) is 61.0 Å². The third-order valence-electron chi connectivity index (χ3n) is 17.5. The van der Waals surface area contributed by atoms with Crippen LogP contribution in [0.2, 0.25) is 0 Å². The van der Waals surface area contributed by atoms with Crippen molar-refractivity contribution < 1.29 is 89.4 Å². The molecule has 3 heterocycles. The van der Waals surface area contributed by atoms with Crippen LogP contribution in [0, 0.1) is 0 Å². The van der Waals surface area contributed by atoms with E-state index in [-0.39, 0.29) is 18.9 Å². The highest BCUT2D eigenvalue weighted by atomic mass is 16.8. The molecule has 0 aromatic heterocycles. The lowest BCUT2D eigenvalue weighted by Crippen LogP contribution is -2.66. The Labute approximate surface area is 523 Å². The molecule has 1 amide bonds. The molecule has 3 aliphatic heterocycles. The lowest BCUT2D eigenvalue weighted by molar-refractivity contribution is -0.379. The van der Waals surface area contributed by atoms with E-state index >= 15 is 0 Å². The molecule has 12 N–H and O–H groups in total. The first kappa shape index (κ1) is 79.2. The van der Waals surface area contributed by atoms with Gasteiger partial charge in [-0.1, -0.05) is 249 Å². The molecule has 0 spiro atoms. The monoisotopic (exact) mass is 1240 g/mol. The van der Waals surface area contributed by atoms with Crippen LogP contribution in [0.1, 0.15) is 258 Å². The van der Waals surface area contributed by atoms with E-state index in [1.807, 2.05) is 19.1 Å². The second-order valence-electron chi connectivity index (χ2n) is 25.0. The normalized spacial score (nSPS) is 28.8. The van der Waals surface area contributed by atoms with Gasteiger partial charge in [0, 0.05) is 6.42 Å². The molecule has 19 nitrogen and oxygen atoms in total. The number of carbonyl (C=O) groups excluding carboxylic acids is 1. The first-order valence-corrected chi connectivity index (χ1v) is 34.7. The van der Waals surface area contributed by atoms with Crippen molar-refractivity contribution in [3.05, 3.63) is 36.5 Å². The Kier molecular flexibility index (Phi) is 46.0. The number of rotatable bonds is 53. The highest BCUT2D eigenvalue weighted by Gasteiger charge is 2.53. The van der Waals surface area contributed by atoms with Crippen LogP contribution in [0.15, 0.2) is 36.5 Å². The minimum Gasteiger partial charge on any atom is -0.394 e. The summed E-state index contributed by atoms with van der Waals surface area (Å²) in [6.45, 7) is 1.47. The van der Waals surface area contributed by atoms with Crippen molar-refractivity contribution in [3.8, 4) is 0 Å². The smallest absolute Gasteiger partial charge is 0.220 e. The molecule has 17 atom stereocenters. The number of nitrogens with one attached hydrogen (secondary N) is 1. The van der Waals surface area contributed by atoms with Gasteiger partial charge >= 0.3 is 0 Å². The molecule has 0 saturated carbocycles. The Hall–Kier alpha value is -1.99. The van der Waals surface area contributed by atoms with Gasteiger partial charge in [-0.05, 0) is 39.0 Å². The molecule has 3 rings (SSSR count). The summed E-state index contributed by atoms with van der Waals surface area (Å²) in [6, 6.07) is -0.992. The maximum Gasteiger partial charge on any atom is 0.220 e. The highest BCUT2D eigenvalue weighted by Crippen LogP contribution is 2.33. The lowest BCUT2D eigenvalue weighted by atomic mass is 9.96. The van der Waals surface area contributed by atoms with Crippen molar-refractivity contribution >= 4 is 5.91 Å². The fourth-order valence-corrected chi connectivity index (χ4v) is 11.9. The Balaban J connectivity index is 1.31. The lowest BCUT2D eigenvalue weighted by Gasteiger charge is -2.48. The molecule has 19 heteroatoms. The zero-order chi connectivity index (χ0) is 63.3. The van der Waals surface area contributed by atoms with Gasteiger partial charge in [-0.3, -0.25) is 4.79 Å². The van der Waals surface area contributed by atoms with Gasteiger partial charge in [0.05, 0.1) is 38.6 Å². The van der Waals surface area contributed by atoms with Gasteiger partial charge in [-0.25, -0.2) is 0 Å². The standard InChI is InChI=1S/C68H125NO18/c1-3-5-7-9-11-13-14-15-16-17-18-19-20-21-22-23-24-25-26-27-28-29-30-31-32-33-34-35-36-38-40-42-44-46-56(74)69-51(52(73)45-43-41-39-37-12-10-8-6-4-2)50-82-66-62(80)59(77)64(54(48-71)84-66)87-68-63(81)60(78)65(55(49-72)85-68)86-67-61(79)58(76)57(75)53(47-70)83-67/h4,6,12,37,43,45,51-55,57-68,70-73,75-81H,3,5,7-11,13-36,38-42,44,46-50H2,1-2H3,(H,69,74)/b6-4+,37-12+,45-43+. The summed E-state index contributed by atoms with van der Waals surface area (Å²) in [5.74, 6) is -0.289. The molecule has 17 unspecified atom stereocenters. The zero-order valence-electron chi connectivity index (χ0n) is 53.8. The van der Waals surface area contributed by atoms with E-state index in [0.29, 0.717) is 12.8 Å². The molecule has 3 fully saturated rings. The Bertz CT molecular complexity index is 1720. The maximum absolute atomic E-state index is 13.3. The first-order chi connectivity index (χ1) is 42.3. The average molecular weight is 1240 g/mol. The summed E-state index contributed by atoms with van der Waals surface area (Å²) in [6.07, 6.45) is 32.1. The summed E-state index contributed by atoms with van der Waals surface area (Å²) in [4.78, 5) is 13.3. The van der Waals surface area contributed by atoms with Crippen molar-refractivity contribution in [1.82, 2.24) is 5.32 Å². The van der Waals surface area contributed by atoms with Crippen LogP contribution in [0.5, 0.6) is 0 Å². The number of ether oxygens (including phenoxy) is 6. The van der Waals surface area contributed by atoms with Gasteiger partial charge in [0.25, 0.3) is 0 Å². The maximum atomic E-state index is 13.3. The summed E-state index contributed by atoms with van der Waals surface area (Å²) in [5.41, 5.74) is 0. The number of carbonyl (C=O) groups is 1. The second-order valence-corrected chi connectivity index (χ2v) is 25.0. The van der Waals surface area contributed by atoms with Gasteiger partial charge in [0.15, 0.2) is 18.9 Å². The van der Waals surface area contributed by atoms with Crippen LogP contribution in [-0.2, 0) is 33.2 Å². The highest BCUT2D eigenvalue weighted by molar-refractivity contribution is 5.76. The van der Waals surface area contributed by atoms with E-state index in [2.05, 4.69) is 30.5 Å². The molecule has 0 aromatic rings. The van der Waals surface area contributed by atoms with Crippen LogP contribution in [0.3, 0.4) is 0 Å². The Morgan fingerprint density at radius 3 is 1.15 bits per heavy atom. The van der Waals surface area contributed by atoms with Crippen molar-refractivity contribution in [3.63, 3.8) is 0 Å². The number of aliphatic hydroxyl groups excluding tert-OH is 11. The van der Waals surface area contributed by atoms with Gasteiger partial charge in [-0.15, -0.1) is 0 Å². The Morgan fingerprint density at radius 1 is 0.425 bits per heavy atom. The average Bonchev–Trinajstić information content (AvgIpc) is 3.66. The minimum atomic E-state index is -1.98. The molecule has 87 heavy (non-hydrogen) atoms. The van der Waals surface area contributed by atoms with Crippen molar-refractivity contribution in [1.29, 1.82) is 0 Å². The summed E-state index contributed by atoms with van der Waals surface area (Å²) in [5, 5.41) is 120. The molecule has 510 valence electrons. The minimum absolute atomic E-state index is 0.235. The van der Waals surface area contributed by atoms with E-state index in [0.717, 1.165) is 38.5 Å². The number of aliphatic hydroxyl groups is 11. The third-order valence-corrected chi connectivity index (χ3v) is 17.5. The number of hydrogen-bond acceptors (Lipinski definition) is 18. The van der Waals surface area contributed by atoms with Crippen LogP contribution in [-0.4, -0.2) is 193 Å². The number of unbranched alkanes of at least 4 members (excludes halogenated alkanes) is 34. The van der Waals surface area contributed by atoms with Crippen molar-refractivity contribution in [2.75, 3.05) is 26.4 Å². The van der Waals surface area contributed by atoms with E-state index in [1.54, 1.807) is 6.08 Å². The van der Waals surface area contributed by atoms with E-state index in [1.165, 1.54) is 186 Å². The van der Waals surface area contributed by atoms with E-state index < -0.39 is 124 Å². The summed E-state index contributed by atoms with van der Waals surface area (Å²) in [7, 11) is 0. The summed E-state index contributed by atoms with van der Waals surface area (Å²) >= 11 is 0. The molecule has 3 saturated heterocycles. The van der Waals surface area contributed by atoms with Crippen LogP contribution in [0.25, 0.3) is 0 Å². The number of amides is 1. The SMILES string of the molecule is C/C=C/CC/C=C/CC/C=C/C(O)C(COC1OC(CO)C(OC2OC(CO)C(OC3OC(CO)C(O)C(O)C3O)C(O)C2O)C(O)C1O)NC(=O)CCCCCCCCCCCCCCCCCCCCCCCCCCCCCCCCCCC.